The lowest BCUT2D eigenvalue weighted by Gasteiger charge is -2.34. The predicted molar refractivity (Wildman–Crippen MR) is 96.1 cm³/mol. The third-order valence-electron chi connectivity index (χ3n) is 3.89. The highest BCUT2D eigenvalue weighted by Gasteiger charge is 2.31. The van der Waals surface area contributed by atoms with Gasteiger partial charge in [-0.2, -0.15) is 0 Å². The molecule has 3 rings (SSSR count). The van der Waals surface area contributed by atoms with Crippen molar-refractivity contribution in [1.82, 2.24) is 14.4 Å². The molecule has 5 heteroatoms. The highest BCUT2D eigenvalue weighted by molar-refractivity contribution is 5.96. The standard InChI is InChI=1S/C19H22N4O/c1-13-8-10-22-16(11-13)21-17(15-7-6-9-20-12-15)18(22)23(14(2)24)19(3,4)5/h6-12H,1-5H3. The molecular weight excluding hydrogens is 300 g/mol. The zero-order valence-corrected chi connectivity index (χ0v) is 14.7. The van der Waals surface area contributed by atoms with Crippen LogP contribution >= 0.6 is 0 Å². The maximum atomic E-state index is 12.5. The van der Waals surface area contributed by atoms with Crippen LogP contribution in [0.3, 0.4) is 0 Å². The van der Waals surface area contributed by atoms with E-state index in [-0.39, 0.29) is 11.4 Å². The fourth-order valence-corrected chi connectivity index (χ4v) is 2.98. The van der Waals surface area contributed by atoms with Crippen LogP contribution in [0.4, 0.5) is 5.82 Å². The molecule has 0 saturated carbocycles. The molecule has 0 saturated heterocycles. The van der Waals surface area contributed by atoms with Crippen molar-refractivity contribution in [2.45, 2.75) is 40.2 Å². The first-order valence-electron chi connectivity index (χ1n) is 7.99. The number of carbonyl (C=O) groups is 1. The third-order valence-corrected chi connectivity index (χ3v) is 3.89. The van der Waals surface area contributed by atoms with Crippen molar-refractivity contribution >= 4 is 17.4 Å². The van der Waals surface area contributed by atoms with Crippen molar-refractivity contribution in [1.29, 1.82) is 0 Å². The molecule has 0 spiro atoms. The Bertz CT molecular complexity index is 891. The van der Waals surface area contributed by atoms with Gasteiger partial charge in [0.2, 0.25) is 5.91 Å². The normalized spacial score (nSPS) is 11.7. The van der Waals surface area contributed by atoms with Gasteiger partial charge in [-0.1, -0.05) is 0 Å². The number of imidazole rings is 1. The number of hydrogen-bond acceptors (Lipinski definition) is 3. The summed E-state index contributed by atoms with van der Waals surface area (Å²) in [5.41, 5.74) is 3.23. The second-order valence-electron chi connectivity index (χ2n) is 6.98. The number of nitrogens with zero attached hydrogens (tertiary/aromatic N) is 4. The Hall–Kier alpha value is -2.69. The fraction of sp³-hybridized carbons (Fsp3) is 0.316. The van der Waals surface area contributed by atoms with Gasteiger partial charge in [0.1, 0.15) is 17.2 Å². The van der Waals surface area contributed by atoms with Crippen LogP contribution in [0.2, 0.25) is 0 Å². The Balaban J connectivity index is 2.37. The SMILES string of the molecule is CC(=O)N(c1c(-c2cccnc2)nc2cc(C)ccn12)C(C)(C)C. The first kappa shape index (κ1) is 16.2. The minimum atomic E-state index is -0.371. The first-order valence-corrected chi connectivity index (χ1v) is 7.99. The third kappa shape index (κ3) is 2.77. The van der Waals surface area contributed by atoms with E-state index in [2.05, 4.69) is 4.98 Å². The zero-order chi connectivity index (χ0) is 17.5. The lowest BCUT2D eigenvalue weighted by atomic mass is 10.0. The van der Waals surface area contributed by atoms with E-state index in [0.717, 1.165) is 28.3 Å². The zero-order valence-electron chi connectivity index (χ0n) is 14.7. The Kier molecular flexibility index (Phi) is 3.87. The van der Waals surface area contributed by atoms with Gasteiger partial charge in [0.15, 0.2) is 0 Å². The summed E-state index contributed by atoms with van der Waals surface area (Å²) in [6.07, 6.45) is 5.48. The van der Waals surface area contributed by atoms with Crippen LogP contribution in [0.25, 0.3) is 16.9 Å². The second-order valence-corrected chi connectivity index (χ2v) is 6.98. The molecule has 0 aromatic carbocycles. The summed E-state index contributed by atoms with van der Waals surface area (Å²) >= 11 is 0. The van der Waals surface area contributed by atoms with Crippen LogP contribution < -0.4 is 4.90 Å². The van der Waals surface area contributed by atoms with Crippen molar-refractivity contribution in [3.63, 3.8) is 0 Å². The van der Waals surface area contributed by atoms with Crippen molar-refractivity contribution in [2.24, 2.45) is 0 Å². The van der Waals surface area contributed by atoms with Gasteiger partial charge in [0, 0.05) is 36.6 Å². The molecule has 3 aromatic rings. The lowest BCUT2D eigenvalue weighted by Crippen LogP contribution is -2.45. The van der Waals surface area contributed by atoms with Gasteiger partial charge in [0.25, 0.3) is 0 Å². The Morgan fingerprint density at radius 1 is 1.25 bits per heavy atom. The van der Waals surface area contributed by atoms with Crippen LogP contribution in [0.1, 0.15) is 33.3 Å². The molecule has 3 heterocycles. The van der Waals surface area contributed by atoms with Gasteiger partial charge in [0.05, 0.1) is 0 Å². The van der Waals surface area contributed by atoms with Gasteiger partial charge in [-0.15, -0.1) is 0 Å². The number of aromatic nitrogens is 3. The van der Waals surface area contributed by atoms with Crippen LogP contribution in [-0.2, 0) is 4.79 Å². The highest BCUT2D eigenvalue weighted by atomic mass is 16.2. The number of aryl methyl sites for hydroxylation is 1. The number of amides is 1. The molecule has 0 unspecified atom stereocenters. The molecule has 0 atom stereocenters. The molecule has 1 amide bonds. The summed E-state index contributed by atoms with van der Waals surface area (Å²) in [5, 5.41) is 0. The molecule has 0 aliphatic rings. The van der Waals surface area contributed by atoms with Crippen LogP contribution in [0.15, 0.2) is 42.9 Å². The topological polar surface area (TPSA) is 50.5 Å². The molecule has 0 bridgehead atoms. The maximum absolute atomic E-state index is 12.5. The summed E-state index contributed by atoms with van der Waals surface area (Å²) in [6, 6.07) is 7.88. The molecule has 0 radical (unpaired) electrons. The Labute approximate surface area is 142 Å². The number of anilines is 1. The maximum Gasteiger partial charge on any atom is 0.225 e. The molecule has 0 fully saturated rings. The number of carbonyl (C=O) groups excluding carboxylic acids is 1. The van der Waals surface area contributed by atoms with E-state index in [0.29, 0.717) is 0 Å². The second kappa shape index (κ2) is 5.74. The van der Waals surface area contributed by atoms with E-state index < -0.39 is 0 Å². The molecule has 124 valence electrons. The first-order chi connectivity index (χ1) is 11.3. The molecule has 5 nitrogen and oxygen atoms in total. The van der Waals surface area contributed by atoms with E-state index in [9.17, 15) is 4.79 Å². The number of rotatable bonds is 2. The van der Waals surface area contributed by atoms with Gasteiger partial charge in [-0.25, -0.2) is 4.98 Å². The van der Waals surface area contributed by atoms with Gasteiger partial charge < -0.3 is 0 Å². The molecule has 24 heavy (non-hydrogen) atoms. The van der Waals surface area contributed by atoms with Crippen LogP contribution in [-0.4, -0.2) is 25.8 Å². The average Bonchev–Trinajstić information content (AvgIpc) is 2.84. The summed E-state index contributed by atoms with van der Waals surface area (Å²) in [6.45, 7) is 9.69. The molecule has 0 aliphatic carbocycles. The van der Waals surface area contributed by atoms with Crippen LogP contribution in [0, 0.1) is 6.92 Å². The van der Waals surface area contributed by atoms with Crippen LogP contribution in [0.5, 0.6) is 0 Å². The smallest absolute Gasteiger partial charge is 0.225 e. The van der Waals surface area contributed by atoms with Gasteiger partial charge in [-0.05, 0) is 57.5 Å². The van der Waals surface area contributed by atoms with Crippen molar-refractivity contribution < 1.29 is 4.79 Å². The molecular formula is C19H22N4O. The van der Waals surface area contributed by atoms with E-state index in [1.165, 1.54) is 0 Å². The monoisotopic (exact) mass is 322 g/mol. The van der Waals surface area contributed by atoms with E-state index in [4.69, 9.17) is 4.98 Å². The lowest BCUT2D eigenvalue weighted by molar-refractivity contribution is -0.117. The molecule has 3 aromatic heterocycles. The summed E-state index contributed by atoms with van der Waals surface area (Å²) in [7, 11) is 0. The largest absolute Gasteiger partial charge is 0.291 e. The molecule has 0 aliphatic heterocycles. The van der Waals surface area contributed by atoms with Crippen molar-refractivity contribution in [3.05, 3.63) is 48.4 Å². The van der Waals surface area contributed by atoms with E-state index in [1.54, 1.807) is 24.2 Å². The minimum Gasteiger partial charge on any atom is -0.291 e. The Morgan fingerprint density at radius 3 is 2.58 bits per heavy atom. The van der Waals surface area contributed by atoms with Gasteiger partial charge >= 0.3 is 0 Å². The number of fused-ring (bicyclic) bond motifs is 1. The summed E-state index contributed by atoms with van der Waals surface area (Å²) in [5.74, 6) is 0.757. The summed E-state index contributed by atoms with van der Waals surface area (Å²) in [4.78, 5) is 23.2. The minimum absolute atomic E-state index is 0.0185. The van der Waals surface area contributed by atoms with Gasteiger partial charge in [-0.3, -0.25) is 19.1 Å². The highest BCUT2D eigenvalue weighted by Crippen LogP contribution is 2.35. The average molecular weight is 322 g/mol. The predicted octanol–water partition coefficient (Wildman–Crippen LogP) is 3.86. The van der Waals surface area contributed by atoms with E-state index in [1.807, 2.05) is 62.6 Å². The number of hydrogen-bond donors (Lipinski definition) is 0. The summed E-state index contributed by atoms with van der Waals surface area (Å²) < 4.78 is 1.97. The van der Waals surface area contributed by atoms with Crippen molar-refractivity contribution in [3.8, 4) is 11.3 Å². The number of pyridine rings is 2. The quantitative estimate of drug-likeness (QED) is 0.720. The van der Waals surface area contributed by atoms with Crippen molar-refractivity contribution in [2.75, 3.05) is 4.90 Å². The fourth-order valence-electron chi connectivity index (χ4n) is 2.98. The molecule has 0 N–H and O–H groups in total. The van der Waals surface area contributed by atoms with E-state index >= 15 is 0 Å². The Morgan fingerprint density at radius 2 is 2.00 bits per heavy atom.